The van der Waals surface area contributed by atoms with Crippen LogP contribution in [0.25, 0.3) is 0 Å². The van der Waals surface area contributed by atoms with Gasteiger partial charge in [-0.25, -0.2) is 8.78 Å². The van der Waals surface area contributed by atoms with Crippen LogP contribution in [0.3, 0.4) is 0 Å². The Kier molecular flexibility index (Phi) is 5.12. The average Bonchev–Trinajstić information content (AvgIpc) is 2.47. The molecule has 1 aromatic carbocycles. The molecule has 1 aliphatic rings. The van der Waals surface area contributed by atoms with Gasteiger partial charge < -0.3 is 15.0 Å². The molecule has 1 amide bonds. The molecule has 1 unspecified atom stereocenters. The van der Waals surface area contributed by atoms with Crippen LogP contribution >= 0.6 is 0 Å². The molecule has 1 aromatic rings. The van der Waals surface area contributed by atoms with E-state index in [0.717, 1.165) is 31.6 Å². The molecule has 2 rings (SSSR count). The summed E-state index contributed by atoms with van der Waals surface area (Å²) >= 11 is 0. The van der Waals surface area contributed by atoms with Crippen molar-refractivity contribution >= 4 is 11.6 Å². The minimum absolute atomic E-state index is 0.0169. The first-order valence-electron chi connectivity index (χ1n) is 7.03. The standard InChI is InChI=1S/C15H20F2N2O2/c1-18-14-12(16)6-11(7-13(14)17)15(20)19(2)8-10-4-3-5-21-9-10/h6-7,10,18H,3-5,8-9H2,1-2H3. The van der Waals surface area contributed by atoms with E-state index in [0.29, 0.717) is 13.2 Å². The number of rotatable bonds is 4. The molecular weight excluding hydrogens is 278 g/mol. The van der Waals surface area contributed by atoms with Gasteiger partial charge in [-0.15, -0.1) is 0 Å². The molecule has 0 bridgehead atoms. The second kappa shape index (κ2) is 6.85. The Hall–Kier alpha value is -1.69. The molecule has 0 aliphatic carbocycles. The smallest absolute Gasteiger partial charge is 0.253 e. The van der Waals surface area contributed by atoms with E-state index in [-0.39, 0.29) is 23.1 Å². The fourth-order valence-electron chi connectivity index (χ4n) is 2.58. The van der Waals surface area contributed by atoms with Crippen LogP contribution in [0.4, 0.5) is 14.5 Å². The van der Waals surface area contributed by atoms with Gasteiger partial charge in [0.2, 0.25) is 0 Å². The number of ether oxygens (including phenoxy) is 1. The number of carbonyl (C=O) groups excluding carboxylic acids is 1. The molecule has 4 nitrogen and oxygen atoms in total. The predicted molar refractivity (Wildman–Crippen MR) is 76.4 cm³/mol. The van der Waals surface area contributed by atoms with E-state index in [1.807, 2.05) is 0 Å². The first-order chi connectivity index (χ1) is 10.0. The van der Waals surface area contributed by atoms with Crippen molar-refractivity contribution in [3.8, 4) is 0 Å². The summed E-state index contributed by atoms with van der Waals surface area (Å²) in [6.07, 6.45) is 1.98. The highest BCUT2D eigenvalue weighted by Gasteiger charge is 2.21. The van der Waals surface area contributed by atoms with Gasteiger partial charge in [-0.3, -0.25) is 4.79 Å². The quantitative estimate of drug-likeness (QED) is 0.928. The third-order valence-electron chi connectivity index (χ3n) is 3.67. The Bertz CT molecular complexity index is 493. The molecule has 116 valence electrons. The summed E-state index contributed by atoms with van der Waals surface area (Å²) in [6, 6.07) is 2.12. The zero-order chi connectivity index (χ0) is 15.4. The number of anilines is 1. The third-order valence-corrected chi connectivity index (χ3v) is 3.67. The summed E-state index contributed by atoms with van der Waals surface area (Å²) in [7, 11) is 3.07. The van der Waals surface area contributed by atoms with Crippen LogP contribution < -0.4 is 5.32 Å². The molecule has 6 heteroatoms. The van der Waals surface area contributed by atoms with Crippen LogP contribution in [0.1, 0.15) is 23.2 Å². The maximum absolute atomic E-state index is 13.7. The highest BCUT2D eigenvalue weighted by atomic mass is 19.1. The van der Waals surface area contributed by atoms with E-state index >= 15 is 0 Å². The molecule has 0 spiro atoms. The lowest BCUT2D eigenvalue weighted by Crippen LogP contribution is -2.35. The minimum atomic E-state index is -0.768. The maximum Gasteiger partial charge on any atom is 0.253 e. The highest BCUT2D eigenvalue weighted by Crippen LogP contribution is 2.22. The fraction of sp³-hybridized carbons (Fsp3) is 0.533. The summed E-state index contributed by atoms with van der Waals surface area (Å²) in [5, 5.41) is 2.43. The number of amides is 1. The van der Waals surface area contributed by atoms with E-state index in [2.05, 4.69) is 5.32 Å². The van der Waals surface area contributed by atoms with Crippen molar-refractivity contribution in [2.24, 2.45) is 5.92 Å². The summed E-state index contributed by atoms with van der Waals surface area (Å²) in [5.41, 5.74) is -0.210. The monoisotopic (exact) mass is 298 g/mol. The number of benzene rings is 1. The largest absolute Gasteiger partial charge is 0.383 e. The van der Waals surface area contributed by atoms with Gasteiger partial charge in [0.15, 0.2) is 0 Å². The van der Waals surface area contributed by atoms with Crippen LogP contribution in [-0.2, 0) is 4.74 Å². The van der Waals surface area contributed by atoms with Crippen molar-refractivity contribution in [1.82, 2.24) is 4.90 Å². The highest BCUT2D eigenvalue weighted by molar-refractivity contribution is 5.94. The Morgan fingerprint density at radius 2 is 2.10 bits per heavy atom. The Morgan fingerprint density at radius 3 is 2.62 bits per heavy atom. The van der Waals surface area contributed by atoms with Crippen LogP contribution in [0.2, 0.25) is 0 Å². The number of nitrogens with one attached hydrogen (secondary N) is 1. The van der Waals surface area contributed by atoms with Gasteiger partial charge in [0.25, 0.3) is 5.91 Å². The van der Waals surface area contributed by atoms with Gasteiger partial charge in [-0.1, -0.05) is 0 Å². The maximum atomic E-state index is 13.7. The summed E-state index contributed by atoms with van der Waals surface area (Å²) < 4.78 is 32.8. The molecule has 0 saturated carbocycles. The zero-order valence-electron chi connectivity index (χ0n) is 12.3. The van der Waals surface area contributed by atoms with Crippen LogP contribution in [0, 0.1) is 17.6 Å². The van der Waals surface area contributed by atoms with E-state index in [9.17, 15) is 13.6 Å². The van der Waals surface area contributed by atoms with Crippen molar-refractivity contribution in [2.75, 3.05) is 39.2 Å². The first-order valence-corrected chi connectivity index (χ1v) is 7.03. The summed E-state index contributed by atoms with van der Waals surface area (Å²) in [4.78, 5) is 13.7. The average molecular weight is 298 g/mol. The SMILES string of the molecule is CNc1c(F)cc(C(=O)N(C)CC2CCCOC2)cc1F. The molecule has 1 aliphatic heterocycles. The van der Waals surface area contributed by atoms with Gasteiger partial charge in [0, 0.05) is 32.8 Å². The lowest BCUT2D eigenvalue weighted by Gasteiger charge is -2.27. The Balaban J connectivity index is 2.08. The first kappa shape index (κ1) is 15.7. The molecule has 0 radical (unpaired) electrons. The second-order valence-corrected chi connectivity index (χ2v) is 5.33. The lowest BCUT2D eigenvalue weighted by molar-refractivity contribution is 0.0388. The van der Waals surface area contributed by atoms with Crippen molar-refractivity contribution < 1.29 is 18.3 Å². The fourth-order valence-corrected chi connectivity index (χ4v) is 2.58. The van der Waals surface area contributed by atoms with Crippen molar-refractivity contribution in [3.05, 3.63) is 29.3 Å². The van der Waals surface area contributed by atoms with E-state index in [1.165, 1.54) is 11.9 Å². The number of hydrogen-bond donors (Lipinski definition) is 1. The molecule has 1 heterocycles. The molecule has 1 saturated heterocycles. The molecule has 0 aromatic heterocycles. The van der Waals surface area contributed by atoms with Crippen LogP contribution in [0.15, 0.2) is 12.1 Å². The van der Waals surface area contributed by atoms with Crippen molar-refractivity contribution in [3.63, 3.8) is 0 Å². The molecular formula is C15H20F2N2O2. The second-order valence-electron chi connectivity index (χ2n) is 5.33. The Labute approximate surface area is 123 Å². The van der Waals surface area contributed by atoms with Gasteiger partial charge in [-0.2, -0.15) is 0 Å². The number of halogens is 2. The van der Waals surface area contributed by atoms with E-state index in [4.69, 9.17) is 4.74 Å². The molecule has 1 N–H and O–H groups in total. The molecule has 1 fully saturated rings. The normalized spacial score (nSPS) is 18.4. The molecule has 21 heavy (non-hydrogen) atoms. The Morgan fingerprint density at radius 1 is 1.43 bits per heavy atom. The van der Waals surface area contributed by atoms with Gasteiger partial charge in [-0.05, 0) is 30.9 Å². The summed E-state index contributed by atoms with van der Waals surface area (Å²) in [5.74, 6) is -1.65. The van der Waals surface area contributed by atoms with Crippen LogP contribution in [0.5, 0.6) is 0 Å². The topological polar surface area (TPSA) is 41.6 Å². The number of nitrogens with zero attached hydrogens (tertiary/aromatic N) is 1. The zero-order valence-corrected chi connectivity index (χ0v) is 12.3. The molecule has 1 atom stereocenters. The number of hydrogen-bond acceptors (Lipinski definition) is 3. The van der Waals surface area contributed by atoms with E-state index in [1.54, 1.807) is 7.05 Å². The number of carbonyl (C=O) groups is 1. The summed E-state index contributed by atoms with van der Waals surface area (Å²) in [6.45, 7) is 1.91. The lowest BCUT2D eigenvalue weighted by atomic mass is 10.0. The third kappa shape index (κ3) is 3.69. The predicted octanol–water partition coefficient (Wildman–Crippen LogP) is 2.51. The van der Waals surface area contributed by atoms with Gasteiger partial charge in [0.05, 0.1) is 6.61 Å². The van der Waals surface area contributed by atoms with Crippen molar-refractivity contribution in [2.45, 2.75) is 12.8 Å². The van der Waals surface area contributed by atoms with Gasteiger partial charge in [0.1, 0.15) is 17.3 Å². The van der Waals surface area contributed by atoms with E-state index < -0.39 is 11.6 Å². The minimum Gasteiger partial charge on any atom is -0.383 e. The van der Waals surface area contributed by atoms with Crippen molar-refractivity contribution in [1.29, 1.82) is 0 Å². The van der Waals surface area contributed by atoms with Gasteiger partial charge >= 0.3 is 0 Å². The van der Waals surface area contributed by atoms with Crippen LogP contribution in [-0.4, -0.2) is 44.7 Å².